The van der Waals surface area contributed by atoms with E-state index in [1.165, 1.54) is 0 Å². The summed E-state index contributed by atoms with van der Waals surface area (Å²) in [6.45, 7) is 7.42. The van der Waals surface area contributed by atoms with Crippen LogP contribution in [-0.4, -0.2) is 55.1 Å². The van der Waals surface area contributed by atoms with E-state index in [2.05, 4.69) is 65.8 Å². The molecule has 0 aromatic heterocycles. The molecule has 1 unspecified atom stereocenters. The van der Waals surface area contributed by atoms with Crippen LogP contribution in [0.5, 0.6) is 5.75 Å². The monoisotopic (exact) mass is 560 g/mol. The molecule has 1 saturated heterocycles. The fourth-order valence-electron chi connectivity index (χ4n) is 5.66. The summed E-state index contributed by atoms with van der Waals surface area (Å²) in [5, 5.41) is 6.18. The number of likely N-dealkylation sites (tertiary alicyclic amines) is 1. The Morgan fingerprint density at radius 3 is 2.37 bits per heavy atom. The molecule has 1 fully saturated rings. The second kappa shape index (κ2) is 16.1. The van der Waals surface area contributed by atoms with Gasteiger partial charge in [-0.2, -0.15) is 0 Å². The molecule has 222 valence electrons. The molecule has 2 aromatic carbocycles. The minimum atomic E-state index is -0.533. The van der Waals surface area contributed by atoms with Crippen molar-refractivity contribution in [2.45, 2.75) is 83.9 Å². The van der Waals surface area contributed by atoms with Crippen LogP contribution in [-0.2, 0) is 11.4 Å². The molecule has 1 heterocycles. The SMILES string of the molecule is CC(C)CC(NC(=O)N1CCCCCC1)C(=O)NCCN(c1ccc(OCc2ccccc2)cc1)[C@@H]1C=CCCC1. The smallest absolute Gasteiger partial charge is 0.318 e. The molecule has 0 saturated carbocycles. The van der Waals surface area contributed by atoms with Crippen molar-refractivity contribution in [1.82, 2.24) is 15.5 Å². The number of benzene rings is 2. The van der Waals surface area contributed by atoms with Crippen molar-refractivity contribution in [2.75, 3.05) is 31.1 Å². The summed E-state index contributed by atoms with van der Waals surface area (Å²) in [4.78, 5) is 30.5. The summed E-state index contributed by atoms with van der Waals surface area (Å²) in [6, 6.07) is 18.1. The molecular formula is C34H48N4O3. The molecule has 1 aliphatic carbocycles. The van der Waals surface area contributed by atoms with Gasteiger partial charge in [0.2, 0.25) is 5.91 Å². The molecule has 2 aromatic rings. The average molecular weight is 561 g/mol. The summed E-state index contributed by atoms with van der Waals surface area (Å²) >= 11 is 0. The van der Waals surface area contributed by atoms with Crippen LogP contribution < -0.4 is 20.3 Å². The van der Waals surface area contributed by atoms with Gasteiger partial charge in [-0.25, -0.2) is 4.79 Å². The summed E-state index contributed by atoms with van der Waals surface area (Å²) in [6.07, 6.45) is 12.9. The minimum Gasteiger partial charge on any atom is -0.489 e. The van der Waals surface area contributed by atoms with Gasteiger partial charge in [-0.15, -0.1) is 0 Å². The molecule has 0 spiro atoms. The van der Waals surface area contributed by atoms with Gasteiger partial charge in [0.1, 0.15) is 18.4 Å². The molecule has 7 nitrogen and oxygen atoms in total. The zero-order valence-electron chi connectivity index (χ0n) is 24.9. The number of rotatable bonds is 12. The number of hydrogen-bond acceptors (Lipinski definition) is 4. The van der Waals surface area contributed by atoms with Gasteiger partial charge in [0.25, 0.3) is 0 Å². The molecule has 0 radical (unpaired) electrons. The second-order valence-corrected chi connectivity index (χ2v) is 11.7. The first-order valence-corrected chi connectivity index (χ1v) is 15.5. The fraction of sp³-hybridized carbons (Fsp3) is 0.529. The van der Waals surface area contributed by atoms with Gasteiger partial charge in [-0.05, 0) is 74.3 Å². The summed E-state index contributed by atoms with van der Waals surface area (Å²) in [7, 11) is 0. The van der Waals surface area contributed by atoms with Gasteiger partial charge in [0.15, 0.2) is 0 Å². The van der Waals surface area contributed by atoms with Crippen LogP contribution in [0, 0.1) is 5.92 Å². The summed E-state index contributed by atoms with van der Waals surface area (Å²) < 4.78 is 6.00. The Morgan fingerprint density at radius 1 is 0.976 bits per heavy atom. The number of carbonyl (C=O) groups is 2. The lowest BCUT2D eigenvalue weighted by molar-refractivity contribution is -0.123. The number of nitrogens with one attached hydrogen (secondary N) is 2. The highest BCUT2D eigenvalue weighted by molar-refractivity contribution is 5.87. The lowest BCUT2D eigenvalue weighted by Gasteiger charge is -2.34. The first-order chi connectivity index (χ1) is 20.0. The number of amides is 3. The molecule has 1 aliphatic heterocycles. The lowest BCUT2D eigenvalue weighted by Crippen LogP contribution is -2.53. The predicted molar refractivity (Wildman–Crippen MR) is 166 cm³/mol. The first kappa shape index (κ1) is 30.5. The maximum Gasteiger partial charge on any atom is 0.318 e. The van der Waals surface area contributed by atoms with Crippen molar-refractivity contribution >= 4 is 17.6 Å². The van der Waals surface area contributed by atoms with Crippen molar-refractivity contribution in [2.24, 2.45) is 5.92 Å². The molecular weight excluding hydrogens is 512 g/mol. The number of urea groups is 1. The van der Waals surface area contributed by atoms with Crippen LogP contribution in [0.15, 0.2) is 66.7 Å². The van der Waals surface area contributed by atoms with Gasteiger partial charge >= 0.3 is 6.03 Å². The topological polar surface area (TPSA) is 73.9 Å². The van der Waals surface area contributed by atoms with Crippen molar-refractivity contribution in [1.29, 1.82) is 0 Å². The van der Waals surface area contributed by atoms with E-state index in [-0.39, 0.29) is 18.0 Å². The van der Waals surface area contributed by atoms with E-state index >= 15 is 0 Å². The minimum absolute atomic E-state index is 0.106. The highest BCUT2D eigenvalue weighted by Crippen LogP contribution is 2.26. The first-order valence-electron chi connectivity index (χ1n) is 15.5. The Morgan fingerprint density at radius 2 is 1.71 bits per heavy atom. The van der Waals surface area contributed by atoms with Crippen LogP contribution >= 0.6 is 0 Å². The fourth-order valence-corrected chi connectivity index (χ4v) is 5.66. The van der Waals surface area contributed by atoms with E-state index in [1.807, 2.05) is 35.2 Å². The van der Waals surface area contributed by atoms with Gasteiger partial charge in [-0.1, -0.05) is 69.2 Å². The normalized spacial score (nSPS) is 17.9. The highest BCUT2D eigenvalue weighted by Gasteiger charge is 2.25. The van der Waals surface area contributed by atoms with E-state index in [0.717, 1.165) is 75.0 Å². The number of anilines is 1. The molecule has 2 aliphatic rings. The summed E-state index contributed by atoms with van der Waals surface area (Å²) in [5.41, 5.74) is 2.25. The molecule has 4 rings (SSSR count). The van der Waals surface area contributed by atoms with E-state index in [4.69, 9.17) is 4.74 Å². The van der Waals surface area contributed by atoms with Crippen LogP contribution in [0.3, 0.4) is 0 Å². The van der Waals surface area contributed by atoms with Crippen molar-refractivity contribution in [3.05, 3.63) is 72.3 Å². The maximum atomic E-state index is 13.3. The predicted octanol–water partition coefficient (Wildman–Crippen LogP) is 6.30. The van der Waals surface area contributed by atoms with Gasteiger partial charge in [-0.3, -0.25) is 4.79 Å². The Kier molecular flexibility index (Phi) is 12.0. The van der Waals surface area contributed by atoms with E-state index in [9.17, 15) is 9.59 Å². The molecule has 2 atom stereocenters. The number of nitrogens with zero attached hydrogens (tertiary/aromatic N) is 2. The zero-order chi connectivity index (χ0) is 28.9. The number of ether oxygens (including phenoxy) is 1. The molecule has 2 N–H and O–H groups in total. The Bertz CT molecular complexity index is 1090. The molecule has 7 heteroatoms. The van der Waals surface area contributed by atoms with E-state index in [0.29, 0.717) is 32.0 Å². The van der Waals surface area contributed by atoms with Crippen molar-refractivity contribution in [3.8, 4) is 5.75 Å². The lowest BCUT2D eigenvalue weighted by atomic mass is 10.0. The maximum absolute atomic E-state index is 13.3. The van der Waals surface area contributed by atoms with E-state index in [1.54, 1.807) is 0 Å². The van der Waals surface area contributed by atoms with Gasteiger partial charge < -0.3 is 25.2 Å². The third-order valence-electron chi connectivity index (χ3n) is 7.91. The van der Waals surface area contributed by atoms with Crippen LogP contribution in [0.25, 0.3) is 0 Å². The zero-order valence-corrected chi connectivity index (χ0v) is 24.9. The average Bonchev–Trinajstić information content (AvgIpc) is 3.29. The van der Waals surface area contributed by atoms with Gasteiger partial charge in [0.05, 0.1) is 0 Å². The van der Waals surface area contributed by atoms with Gasteiger partial charge in [0, 0.05) is 37.9 Å². The Balaban J connectivity index is 1.35. The standard InChI is InChI=1S/C34H48N4O3/c1-27(2)25-32(36-34(40)37-22-11-3-4-12-23-37)33(39)35-21-24-38(29-15-9-6-10-16-29)30-17-19-31(20-18-30)41-26-28-13-7-5-8-14-28/h5,7-9,13-15,17-20,27,29,32H,3-4,6,10-12,16,21-26H2,1-2H3,(H,35,39)(H,36,40)/t29-,32?/m1/s1. The second-order valence-electron chi connectivity index (χ2n) is 11.7. The van der Waals surface area contributed by atoms with Crippen LogP contribution in [0.2, 0.25) is 0 Å². The summed E-state index contributed by atoms with van der Waals surface area (Å²) in [5.74, 6) is 1.02. The largest absolute Gasteiger partial charge is 0.489 e. The molecule has 3 amide bonds. The van der Waals surface area contributed by atoms with Crippen LogP contribution in [0.1, 0.15) is 70.8 Å². The van der Waals surface area contributed by atoms with Crippen LogP contribution in [0.4, 0.5) is 10.5 Å². The Hall–Kier alpha value is -3.48. The van der Waals surface area contributed by atoms with Crippen molar-refractivity contribution < 1.29 is 14.3 Å². The number of hydrogen-bond donors (Lipinski definition) is 2. The number of carbonyl (C=O) groups excluding carboxylic acids is 2. The highest BCUT2D eigenvalue weighted by atomic mass is 16.5. The number of allylic oxidation sites excluding steroid dienone is 1. The third kappa shape index (κ3) is 9.83. The Labute approximate surface area is 246 Å². The molecule has 41 heavy (non-hydrogen) atoms. The quantitative estimate of drug-likeness (QED) is 0.299. The van der Waals surface area contributed by atoms with E-state index < -0.39 is 6.04 Å². The van der Waals surface area contributed by atoms with Crippen molar-refractivity contribution in [3.63, 3.8) is 0 Å². The molecule has 0 bridgehead atoms. The third-order valence-corrected chi connectivity index (χ3v) is 7.91.